The van der Waals surface area contributed by atoms with E-state index in [2.05, 4.69) is 10.2 Å². The number of nitrogens with zero attached hydrogens (tertiary/aromatic N) is 3. The van der Waals surface area contributed by atoms with Gasteiger partial charge in [-0.1, -0.05) is 29.8 Å². The number of fused-ring (bicyclic) bond motifs is 1. The predicted octanol–water partition coefficient (Wildman–Crippen LogP) is 3.97. The van der Waals surface area contributed by atoms with E-state index in [1.165, 1.54) is 0 Å². The van der Waals surface area contributed by atoms with Gasteiger partial charge in [0.05, 0.1) is 6.20 Å². The third-order valence-electron chi connectivity index (χ3n) is 4.64. The highest BCUT2D eigenvalue weighted by Crippen LogP contribution is 2.25. The Bertz CT molecular complexity index is 916. The van der Waals surface area contributed by atoms with Crippen LogP contribution in [0.25, 0.3) is 10.8 Å². The Morgan fingerprint density at radius 1 is 1.08 bits per heavy atom. The molecule has 3 aromatic rings. The quantitative estimate of drug-likeness (QED) is 0.703. The predicted molar refractivity (Wildman–Crippen MR) is 101 cm³/mol. The fraction of sp³-hybridized carbons (Fsp3) is 0.250. The van der Waals surface area contributed by atoms with E-state index in [1.807, 2.05) is 29.2 Å². The number of rotatable bonds is 3. The molecule has 2 aromatic carbocycles. The normalized spacial score (nSPS) is 15.2. The van der Waals surface area contributed by atoms with Crippen molar-refractivity contribution in [1.82, 2.24) is 15.1 Å². The Labute approximate surface area is 156 Å². The van der Waals surface area contributed by atoms with E-state index in [0.29, 0.717) is 29.6 Å². The summed E-state index contributed by atoms with van der Waals surface area (Å²) in [6, 6.07) is 14.9. The maximum absolute atomic E-state index is 12.6. The number of ether oxygens (including phenoxy) is 1. The molecule has 0 bridgehead atoms. The van der Waals surface area contributed by atoms with Crippen molar-refractivity contribution in [3.05, 3.63) is 65.3 Å². The van der Waals surface area contributed by atoms with Gasteiger partial charge >= 0.3 is 0 Å². The maximum Gasteiger partial charge on any atom is 0.253 e. The summed E-state index contributed by atoms with van der Waals surface area (Å²) < 4.78 is 6.09. The van der Waals surface area contributed by atoms with E-state index in [9.17, 15) is 4.79 Å². The second kappa shape index (κ2) is 7.30. The van der Waals surface area contributed by atoms with Gasteiger partial charge in [-0.3, -0.25) is 4.79 Å². The van der Waals surface area contributed by atoms with Crippen LogP contribution in [0.5, 0.6) is 5.88 Å². The number of amides is 1. The average molecular weight is 368 g/mol. The summed E-state index contributed by atoms with van der Waals surface area (Å²) in [5, 5.41) is 10.8. The number of aromatic nitrogens is 2. The molecule has 132 valence electrons. The second-order valence-corrected chi connectivity index (χ2v) is 6.79. The van der Waals surface area contributed by atoms with Gasteiger partial charge in [0, 0.05) is 47.3 Å². The van der Waals surface area contributed by atoms with Gasteiger partial charge in [-0.15, -0.1) is 5.10 Å². The summed E-state index contributed by atoms with van der Waals surface area (Å²) in [7, 11) is 0. The third kappa shape index (κ3) is 3.48. The van der Waals surface area contributed by atoms with Crippen molar-refractivity contribution in [2.75, 3.05) is 13.1 Å². The Hall–Kier alpha value is -2.66. The zero-order valence-corrected chi connectivity index (χ0v) is 14.9. The molecular weight excluding hydrogens is 350 g/mol. The number of hydrogen-bond donors (Lipinski definition) is 0. The highest BCUT2D eigenvalue weighted by Gasteiger charge is 2.25. The topological polar surface area (TPSA) is 55.3 Å². The summed E-state index contributed by atoms with van der Waals surface area (Å²) in [6.07, 6.45) is 3.30. The number of likely N-dealkylation sites (tertiary alicyclic amines) is 1. The van der Waals surface area contributed by atoms with Crippen LogP contribution in [0.4, 0.5) is 0 Å². The van der Waals surface area contributed by atoms with Crippen molar-refractivity contribution < 1.29 is 9.53 Å². The van der Waals surface area contributed by atoms with Gasteiger partial charge in [-0.05, 0) is 30.3 Å². The standard InChI is InChI=1S/C20H18ClN3O2/c21-16-7-5-14(6-8-16)20(25)24-11-9-17(10-12-24)26-19-18-4-2-1-3-15(18)13-22-23-19/h1-8,13,17H,9-12H2. The molecule has 1 aliphatic heterocycles. The van der Waals surface area contributed by atoms with Crippen molar-refractivity contribution in [3.8, 4) is 5.88 Å². The number of carbonyl (C=O) groups excluding carboxylic acids is 1. The first-order chi connectivity index (χ1) is 12.7. The molecule has 0 N–H and O–H groups in total. The van der Waals surface area contributed by atoms with E-state index >= 15 is 0 Å². The molecule has 1 aliphatic rings. The van der Waals surface area contributed by atoms with Gasteiger partial charge in [-0.2, -0.15) is 5.10 Å². The number of piperidine rings is 1. The molecule has 1 saturated heterocycles. The molecule has 0 radical (unpaired) electrons. The van der Waals surface area contributed by atoms with Gasteiger partial charge in [0.15, 0.2) is 0 Å². The molecule has 0 saturated carbocycles. The van der Waals surface area contributed by atoms with Crippen molar-refractivity contribution in [2.45, 2.75) is 18.9 Å². The zero-order valence-electron chi connectivity index (χ0n) is 14.1. The lowest BCUT2D eigenvalue weighted by Gasteiger charge is -2.32. The molecule has 4 rings (SSSR count). The largest absolute Gasteiger partial charge is 0.473 e. The van der Waals surface area contributed by atoms with Crippen molar-refractivity contribution >= 4 is 28.3 Å². The van der Waals surface area contributed by atoms with E-state index in [4.69, 9.17) is 16.3 Å². The molecule has 2 heterocycles. The van der Waals surface area contributed by atoms with Crippen molar-refractivity contribution in [2.24, 2.45) is 0 Å². The molecule has 26 heavy (non-hydrogen) atoms. The fourth-order valence-corrected chi connectivity index (χ4v) is 3.32. The van der Waals surface area contributed by atoms with Crippen LogP contribution in [0.2, 0.25) is 5.02 Å². The minimum absolute atomic E-state index is 0.0318. The number of carbonyl (C=O) groups is 1. The van der Waals surface area contributed by atoms with E-state index in [0.717, 1.165) is 23.6 Å². The van der Waals surface area contributed by atoms with Crippen LogP contribution in [0.15, 0.2) is 54.7 Å². The molecule has 1 aromatic heterocycles. The zero-order chi connectivity index (χ0) is 17.9. The van der Waals surface area contributed by atoms with E-state index in [-0.39, 0.29) is 12.0 Å². The Balaban J connectivity index is 1.40. The summed E-state index contributed by atoms with van der Waals surface area (Å²) >= 11 is 5.89. The van der Waals surface area contributed by atoms with Gasteiger partial charge in [0.25, 0.3) is 5.91 Å². The Morgan fingerprint density at radius 2 is 1.81 bits per heavy atom. The third-order valence-corrected chi connectivity index (χ3v) is 4.89. The van der Waals surface area contributed by atoms with Crippen molar-refractivity contribution in [3.63, 3.8) is 0 Å². The second-order valence-electron chi connectivity index (χ2n) is 6.35. The average Bonchev–Trinajstić information content (AvgIpc) is 2.69. The van der Waals surface area contributed by atoms with Gasteiger partial charge in [-0.25, -0.2) is 0 Å². The molecule has 0 spiro atoms. The lowest BCUT2D eigenvalue weighted by atomic mass is 10.1. The first kappa shape index (κ1) is 16.8. The van der Waals surface area contributed by atoms with Crippen LogP contribution in [0.1, 0.15) is 23.2 Å². The Morgan fingerprint density at radius 3 is 2.58 bits per heavy atom. The molecular formula is C20H18ClN3O2. The molecule has 0 aliphatic carbocycles. The van der Waals surface area contributed by atoms with Crippen LogP contribution in [0.3, 0.4) is 0 Å². The monoisotopic (exact) mass is 367 g/mol. The summed E-state index contributed by atoms with van der Waals surface area (Å²) in [4.78, 5) is 14.4. The first-order valence-corrected chi connectivity index (χ1v) is 9.00. The summed E-state index contributed by atoms with van der Waals surface area (Å²) in [6.45, 7) is 1.31. The number of halogens is 1. The fourth-order valence-electron chi connectivity index (χ4n) is 3.20. The molecule has 1 amide bonds. The lowest BCUT2D eigenvalue weighted by molar-refractivity contribution is 0.0589. The van der Waals surface area contributed by atoms with Gasteiger partial charge in [0.2, 0.25) is 5.88 Å². The van der Waals surface area contributed by atoms with Crippen LogP contribution in [-0.4, -0.2) is 40.2 Å². The highest BCUT2D eigenvalue weighted by molar-refractivity contribution is 6.30. The smallest absolute Gasteiger partial charge is 0.253 e. The number of hydrogen-bond acceptors (Lipinski definition) is 4. The Kier molecular flexibility index (Phi) is 4.71. The minimum atomic E-state index is 0.0318. The molecule has 0 unspecified atom stereocenters. The maximum atomic E-state index is 12.6. The van der Waals surface area contributed by atoms with E-state index < -0.39 is 0 Å². The minimum Gasteiger partial charge on any atom is -0.473 e. The van der Waals surface area contributed by atoms with E-state index in [1.54, 1.807) is 30.5 Å². The molecule has 0 atom stereocenters. The SMILES string of the molecule is O=C(c1ccc(Cl)cc1)N1CCC(Oc2nncc3ccccc23)CC1. The first-order valence-electron chi connectivity index (χ1n) is 8.62. The van der Waals surface area contributed by atoms with Gasteiger partial charge in [0.1, 0.15) is 6.10 Å². The lowest BCUT2D eigenvalue weighted by Crippen LogP contribution is -2.41. The molecule has 6 heteroatoms. The number of benzene rings is 2. The molecule has 5 nitrogen and oxygen atoms in total. The highest BCUT2D eigenvalue weighted by atomic mass is 35.5. The van der Waals surface area contributed by atoms with Gasteiger partial charge < -0.3 is 9.64 Å². The summed E-state index contributed by atoms with van der Waals surface area (Å²) in [5.74, 6) is 0.593. The summed E-state index contributed by atoms with van der Waals surface area (Å²) in [5.41, 5.74) is 0.661. The molecule has 1 fully saturated rings. The van der Waals surface area contributed by atoms with Crippen LogP contribution >= 0.6 is 11.6 Å². The van der Waals surface area contributed by atoms with Crippen molar-refractivity contribution in [1.29, 1.82) is 0 Å². The van der Waals surface area contributed by atoms with Crippen LogP contribution in [-0.2, 0) is 0 Å². The van der Waals surface area contributed by atoms with Crippen LogP contribution in [0, 0.1) is 0 Å². The van der Waals surface area contributed by atoms with Crippen LogP contribution < -0.4 is 4.74 Å².